The molecular formula is C22H25F3N2O3S. The quantitative estimate of drug-likeness (QED) is 0.694. The SMILES string of the molecule is CC(C)(C1CC(NC(=O)[C@H](N)c2ccccc2)C1)S(=O)(=O)c1cccc(C(F)(F)F)c1. The van der Waals surface area contributed by atoms with Crippen molar-refractivity contribution < 1.29 is 26.4 Å². The minimum Gasteiger partial charge on any atom is -0.352 e. The molecule has 0 aliphatic heterocycles. The summed E-state index contributed by atoms with van der Waals surface area (Å²) in [5.41, 5.74) is 5.65. The van der Waals surface area contributed by atoms with Crippen LogP contribution in [0.25, 0.3) is 0 Å². The monoisotopic (exact) mass is 454 g/mol. The van der Waals surface area contributed by atoms with Gasteiger partial charge in [-0.15, -0.1) is 0 Å². The molecule has 1 saturated carbocycles. The van der Waals surface area contributed by atoms with Gasteiger partial charge in [0.25, 0.3) is 0 Å². The number of hydrogen-bond donors (Lipinski definition) is 2. The Morgan fingerprint density at radius 1 is 1.06 bits per heavy atom. The second-order valence-electron chi connectivity index (χ2n) is 8.39. The lowest BCUT2D eigenvalue weighted by atomic mass is 9.73. The van der Waals surface area contributed by atoms with Crippen molar-refractivity contribution in [3.05, 3.63) is 65.7 Å². The highest BCUT2D eigenvalue weighted by Gasteiger charge is 2.49. The number of amides is 1. The van der Waals surface area contributed by atoms with Crippen LogP contribution in [-0.2, 0) is 20.8 Å². The number of alkyl halides is 3. The molecule has 1 amide bonds. The van der Waals surface area contributed by atoms with E-state index >= 15 is 0 Å². The summed E-state index contributed by atoms with van der Waals surface area (Å²) in [5, 5.41) is 2.83. The molecule has 9 heteroatoms. The lowest BCUT2D eigenvalue weighted by Crippen LogP contribution is -2.54. The van der Waals surface area contributed by atoms with Crippen molar-refractivity contribution >= 4 is 15.7 Å². The maximum Gasteiger partial charge on any atom is 0.416 e. The number of sulfone groups is 1. The molecule has 0 radical (unpaired) electrons. The molecule has 2 aromatic rings. The summed E-state index contributed by atoms with van der Waals surface area (Å²) in [6, 6.07) is 11.6. The fraction of sp³-hybridized carbons (Fsp3) is 0.409. The number of hydrogen-bond acceptors (Lipinski definition) is 4. The lowest BCUT2D eigenvalue weighted by Gasteiger charge is -2.45. The molecule has 0 unspecified atom stereocenters. The Morgan fingerprint density at radius 3 is 2.26 bits per heavy atom. The minimum absolute atomic E-state index is 0.233. The maximum absolute atomic E-state index is 13.1. The Bertz CT molecular complexity index is 1050. The van der Waals surface area contributed by atoms with Crippen LogP contribution in [-0.4, -0.2) is 25.1 Å². The van der Waals surface area contributed by atoms with Crippen LogP contribution in [0.5, 0.6) is 0 Å². The van der Waals surface area contributed by atoms with Crippen molar-refractivity contribution in [2.24, 2.45) is 11.7 Å². The summed E-state index contributed by atoms with van der Waals surface area (Å²) in [6.07, 6.45) is -3.82. The van der Waals surface area contributed by atoms with E-state index in [9.17, 15) is 26.4 Å². The summed E-state index contributed by atoms with van der Waals surface area (Å²) in [7, 11) is -4.03. The molecule has 0 saturated heterocycles. The van der Waals surface area contributed by atoms with Gasteiger partial charge in [0.15, 0.2) is 9.84 Å². The summed E-state index contributed by atoms with van der Waals surface area (Å²) in [5.74, 6) is -0.668. The molecule has 1 aliphatic rings. The largest absolute Gasteiger partial charge is 0.416 e. The summed E-state index contributed by atoms with van der Waals surface area (Å²) in [6.45, 7) is 3.03. The van der Waals surface area contributed by atoms with E-state index in [1.54, 1.807) is 24.3 Å². The second kappa shape index (κ2) is 8.27. The van der Waals surface area contributed by atoms with Gasteiger partial charge in [-0.2, -0.15) is 13.2 Å². The Labute approximate surface area is 179 Å². The number of halogens is 3. The second-order valence-corrected chi connectivity index (χ2v) is 10.9. The van der Waals surface area contributed by atoms with Crippen molar-refractivity contribution in [1.82, 2.24) is 5.32 Å². The lowest BCUT2D eigenvalue weighted by molar-refractivity contribution is -0.137. The predicted octanol–water partition coefficient (Wildman–Crippen LogP) is 3.85. The van der Waals surface area contributed by atoms with Gasteiger partial charge in [-0.05, 0) is 56.4 Å². The third kappa shape index (κ3) is 4.62. The van der Waals surface area contributed by atoms with Crippen molar-refractivity contribution in [2.75, 3.05) is 0 Å². The molecule has 0 aromatic heterocycles. The number of rotatable bonds is 6. The van der Waals surface area contributed by atoms with Crippen molar-refractivity contribution in [2.45, 2.75) is 54.6 Å². The van der Waals surface area contributed by atoms with Crippen molar-refractivity contribution in [3.8, 4) is 0 Å². The summed E-state index contributed by atoms with van der Waals surface area (Å²) < 4.78 is 63.9. The summed E-state index contributed by atoms with van der Waals surface area (Å²) in [4.78, 5) is 12.0. The molecule has 168 valence electrons. The molecule has 1 fully saturated rings. The van der Waals surface area contributed by atoms with Crippen LogP contribution in [0.1, 0.15) is 43.9 Å². The smallest absolute Gasteiger partial charge is 0.352 e. The zero-order chi connectivity index (χ0) is 23.0. The third-order valence-electron chi connectivity index (χ3n) is 6.07. The first kappa shape index (κ1) is 23.3. The van der Waals surface area contributed by atoms with Crippen LogP contribution in [0.2, 0.25) is 0 Å². The van der Waals surface area contributed by atoms with Crippen molar-refractivity contribution in [3.63, 3.8) is 0 Å². The molecule has 5 nitrogen and oxygen atoms in total. The van der Waals surface area contributed by atoms with E-state index in [4.69, 9.17) is 5.73 Å². The molecule has 1 atom stereocenters. The molecular weight excluding hydrogens is 429 g/mol. The van der Waals surface area contributed by atoms with Crippen LogP contribution < -0.4 is 11.1 Å². The van der Waals surface area contributed by atoms with Gasteiger partial charge in [-0.3, -0.25) is 4.79 Å². The van der Waals surface area contributed by atoms with Gasteiger partial charge in [-0.1, -0.05) is 36.4 Å². The number of carbonyl (C=O) groups is 1. The third-order valence-corrected chi connectivity index (χ3v) is 8.67. The molecule has 3 rings (SSSR count). The van der Waals surface area contributed by atoms with E-state index in [0.29, 0.717) is 24.5 Å². The van der Waals surface area contributed by atoms with Gasteiger partial charge in [0, 0.05) is 6.04 Å². The van der Waals surface area contributed by atoms with Crippen LogP contribution >= 0.6 is 0 Å². The van der Waals surface area contributed by atoms with Crippen LogP contribution in [0.15, 0.2) is 59.5 Å². The van der Waals surface area contributed by atoms with Gasteiger partial charge >= 0.3 is 6.18 Å². The Hall–Kier alpha value is -2.39. The van der Waals surface area contributed by atoms with Crippen LogP contribution in [0.4, 0.5) is 13.2 Å². The van der Waals surface area contributed by atoms with E-state index in [1.807, 2.05) is 6.07 Å². The highest BCUT2D eigenvalue weighted by Crippen LogP contribution is 2.44. The first-order chi connectivity index (χ1) is 14.3. The summed E-state index contributed by atoms with van der Waals surface area (Å²) >= 11 is 0. The predicted molar refractivity (Wildman–Crippen MR) is 111 cm³/mol. The minimum atomic E-state index is -4.63. The fourth-order valence-electron chi connectivity index (χ4n) is 3.77. The number of benzene rings is 2. The highest BCUT2D eigenvalue weighted by molar-refractivity contribution is 7.92. The fourth-order valence-corrected chi connectivity index (χ4v) is 5.55. The van der Waals surface area contributed by atoms with E-state index in [-0.39, 0.29) is 22.8 Å². The number of carbonyl (C=O) groups excluding carboxylic acids is 1. The van der Waals surface area contributed by atoms with Gasteiger partial charge in [0.05, 0.1) is 15.2 Å². The van der Waals surface area contributed by atoms with E-state index in [1.165, 1.54) is 19.9 Å². The normalized spacial score (nSPS) is 20.6. The topological polar surface area (TPSA) is 89.3 Å². The Kier molecular flexibility index (Phi) is 6.21. The van der Waals surface area contributed by atoms with Crippen LogP contribution in [0.3, 0.4) is 0 Å². The highest BCUT2D eigenvalue weighted by atomic mass is 32.2. The first-order valence-corrected chi connectivity index (χ1v) is 11.3. The van der Waals surface area contributed by atoms with Gasteiger partial charge < -0.3 is 11.1 Å². The first-order valence-electron chi connectivity index (χ1n) is 9.87. The van der Waals surface area contributed by atoms with Gasteiger partial charge in [0.2, 0.25) is 5.91 Å². The zero-order valence-electron chi connectivity index (χ0n) is 17.2. The molecule has 0 spiro atoms. The molecule has 31 heavy (non-hydrogen) atoms. The van der Waals surface area contributed by atoms with E-state index in [0.717, 1.165) is 12.1 Å². The average molecular weight is 455 g/mol. The Balaban J connectivity index is 1.67. The van der Waals surface area contributed by atoms with Crippen molar-refractivity contribution in [1.29, 1.82) is 0 Å². The molecule has 0 heterocycles. The number of nitrogens with two attached hydrogens (primary N) is 1. The standard InChI is InChI=1S/C22H25F3N2O3S/c1-21(2,31(29,30)18-10-6-9-15(13-18)22(23,24)25)16-11-17(12-16)27-20(28)19(26)14-7-4-3-5-8-14/h3-10,13,16-17,19H,11-12,26H2,1-2H3,(H,27,28)/t16?,17?,19-/m1/s1. The molecule has 0 bridgehead atoms. The molecule has 2 aromatic carbocycles. The molecule has 1 aliphatic carbocycles. The number of nitrogens with one attached hydrogen (secondary N) is 1. The maximum atomic E-state index is 13.1. The van der Waals surface area contributed by atoms with E-state index in [2.05, 4.69) is 5.32 Å². The van der Waals surface area contributed by atoms with Gasteiger partial charge in [0.1, 0.15) is 6.04 Å². The zero-order valence-corrected chi connectivity index (χ0v) is 18.0. The van der Waals surface area contributed by atoms with Gasteiger partial charge in [-0.25, -0.2) is 8.42 Å². The van der Waals surface area contributed by atoms with Crippen LogP contribution in [0, 0.1) is 5.92 Å². The Morgan fingerprint density at radius 2 is 1.68 bits per heavy atom. The average Bonchev–Trinajstić information content (AvgIpc) is 2.69. The molecule has 3 N–H and O–H groups in total. The van der Waals surface area contributed by atoms with E-state index < -0.39 is 32.4 Å².